The number of amides is 1. The topological polar surface area (TPSA) is 104 Å². The standard InChI is InChI=1S/C26H45NO5S/c1-25-14-4-3-7-18(25)10-12-20-21-13-11-19(26(21,2)23(28)17-22(20)25)8-5-9-24(29)27-15-6-16-33(30,31)32/h18-23,28H,3-17H2,1-2H3,(H,27,29)(H,30,31,32)/t18?,19?,20?,21?,22?,23-,25?,26?/m0/s1. The zero-order chi connectivity index (χ0) is 23.9. The molecule has 8 atom stereocenters. The molecule has 0 bridgehead atoms. The summed E-state index contributed by atoms with van der Waals surface area (Å²) in [6.45, 7) is 5.16. The third kappa shape index (κ3) is 5.02. The summed E-state index contributed by atoms with van der Waals surface area (Å²) in [6, 6.07) is 0. The van der Waals surface area contributed by atoms with Crippen molar-refractivity contribution < 1.29 is 22.9 Å². The number of nitrogens with one attached hydrogen (secondary N) is 1. The van der Waals surface area contributed by atoms with E-state index >= 15 is 0 Å². The van der Waals surface area contributed by atoms with Crippen LogP contribution in [0, 0.1) is 40.4 Å². The Bertz CT molecular complexity index is 815. The number of hydrogen-bond acceptors (Lipinski definition) is 4. The summed E-state index contributed by atoms with van der Waals surface area (Å²) in [7, 11) is -3.97. The smallest absolute Gasteiger partial charge is 0.264 e. The molecule has 4 aliphatic carbocycles. The van der Waals surface area contributed by atoms with Gasteiger partial charge in [0.2, 0.25) is 5.91 Å². The van der Waals surface area contributed by atoms with Crippen LogP contribution in [-0.4, -0.2) is 42.4 Å². The molecule has 4 rings (SSSR count). The molecule has 4 aliphatic rings. The van der Waals surface area contributed by atoms with Gasteiger partial charge in [-0.2, -0.15) is 8.42 Å². The molecule has 4 saturated carbocycles. The molecular formula is C26H45NO5S. The van der Waals surface area contributed by atoms with Crippen molar-refractivity contribution in [3.63, 3.8) is 0 Å². The maximum Gasteiger partial charge on any atom is 0.264 e. The number of aliphatic hydroxyl groups is 1. The Hall–Kier alpha value is -0.660. The first kappa shape index (κ1) is 25.4. The fourth-order valence-electron chi connectivity index (χ4n) is 8.93. The largest absolute Gasteiger partial charge is 0.393 e. The van der Waals surface area contributed by atoms with Crippen LogP contribution in [0.15, 0.2) is 0 Å². The maximum absolute atomic E-state index is 12.2. The van der Waals surface area contributed by atoms with E-state index in [1.165, 1.54) is 44.9 Å². The molecule has 0 heterocycles. The fourth-order valence-corrected chi connectivity index (χ4v) is 9.44. The number of carbonyl (C=O) groups is 1. The van der Waals surface area contributed by atoms with Gasteiger partial charge < -0.3 is 10.4 Å². The highest BCUT2D eigenvalue weighted by atomic mass is 32.2. The molecule has 7 unspecified atom stereocenters. The molecule has 0 radical (unpaired) electrons. The average molecular weight is 484 g/mol. The second kappa shape index (κ2) is 9.77. The molecule has 4 fully saturated rings. The molecule has 0 aliphatic heterocycles. The Balaban J connectivity index is 1.31. The molecule has 0 saturated heterocycles. The minimum Gasteiger partial charge on any atom is -0.393 e. The van der Waals surface area contributed by atoms with Crippen molar-refractivity contribution >= 4 is 16.0 Å². The second-order valence-corrected chi connectivity index (χ2v) is 13.7. The normalized spacial score (nSPS) is 42.8. The van der Waals surface area contributed by atoms with Crippen LogP contribution in [0.2, 0.25) is 0 Å². The Labute approximate surface area is 200 Å². The summed E-state index contributed by atoms with van der Waals surface area (Å²) in [5.74, 6) is 3.00. The number of rotatable bonds is 8. The van der Waals surface area contributed by atoms with Gasteiger partial charge in [-0.05, 0) is 105 Å². The van der Waals surface area contributed by atoms with Gasteiger partial charge in [0.15, 0.2) is 0 Å². The highest BCUT2D eigenvalue weighted by molar-refractivity contribution is 7.85. The van der Waals surface area contributed by atoms with Crippen LogP contribution in [0.1, 0.15) is 97.3 Å². The molecule has 190 valence electrons. The van der Waals surface area contributed by atoms with E-state index in [1.807, 2.05) is 0 Å². The van der Waals surface area contributed by atoms with Crippen molar-refractivity contribution in [2.75, 3.05) is 12.3 Å². The van der Waals surface area contributed by atoms with E-state index in [1.54, 1.807) is 0 Å². The first-order valence-corrected chi connectivity index (χ1v) is 15.1. The average Bonchev–Trinajstić information content (AvgIpc) is 3.09. The number of fused-ring (bicyclic) bond motifs is 5. The summed E-state index contributed by atoms with van der Waals surface area (Å²) in [5.41, 5.74) is 0.403. The second-order valence-electron chi connectivity index (χ2n) is 12.2. The van der Waals surface area contributed by atoms with Crippen molar-refractivity contribution in [1.82, 2.24) is 5.32 Å². The van der Waals surface area contributed by atoms with E-state index in [4.69, 9.17) is 4.55 Å². The molecule has 0 aromatic rings. The molecule has 3 N–H and O–H groups in total. The van der Waals surface area contributed by atoms with Gasteiger partial charge in [-0.3, -0.25) is 9.35 Å². The maximum atomic E-state index is 12.2. The first-order chi connectivity index (χ1) is 15.6. The van der Waals surface area contributed by atoms with Crippen LogP contribution in [0.4, 0.5) is 0 Å². The lowest BCUT2D eigenvalue weighted by atomic mass is 9.44. The summed E-state index contributed by atoms with van der Waals surface area (Å²) >= 11 is 0. The van der Waals surface area contributed by atoms with Crippen LogP contribution in [0.5, 0.6) is 0 Å². The number of carbonyl (C=O) groups excluding carboxylic acids is 1. The lowest BCUT2D eigenvalue weighted by Gasteiger charge is -2.62. The third-order valence-corrected chi connectivity index (χ3v) is 11.5. The van der Waals surface area contributed by atoms with Gasteiger partial charge in [0.05, 0.1) is 11.9 Å². The fraction of sp³-hybridized carbons (Fsp3) is 0.962. The molecule has 6 nitrogen and oxygen atoms in total. The zero-order valence-corrected chi connectivity index (χ0v) is 21.4. The van der Waals surface area contributed by atoms with Crippen molar-refractivity contribution in [1.29, 1.82) is 0 Å². The van der Waals surface area contributed by atoms with Gasteiger partial charge >= 0.3 is 0 Å². The molecular weight excluding hydrogens is 438 g/mol. The Morgan fingerprint density at radius 3 is 2.58 bits per heavy atom. The summed E-state index contributed by atoms with van der Waals surface area (Å²) in [4.78, 5) is 12.2. The van der Waals surface area contributed by atoms with Crippen molar-refractivity contribution in [3.8, 4) is 0 Å². The quantitative estimate of drug-likeness (QED) is 0.347. The Morgan fingerprint density at radius 2 is 1.82 bits per heavy atom. The van der Waals surface area contributed by atoms with Gasteiger partial charge in [0, 0.05) is 13.0 Å². The van der Waals surface area contributed by atoms with Crippen LogP contribution >= 0.6 is 0 Å². The third-order valence-electron chi connectivity index (χ3n) is 10.7. The number of hydrogen-bond donors (Lipinski definition) is 3. The highest BCUT2D eigenvalue weighted by Gasteiger charge is 2.62. The lowest BCUT2D eigenvalue weighted by molar-refractivity contribution is -0.164. The van der Waals surface area contributed by atoms with E-state index in [0.717, 1.165) is 37.5 Å². The SMILES string of the molecule is CC12CCCCC1CCC1C2C[C@H](O)C2(C)C(CCCC(=O)NCCCS(=O)(=O)O)CCC12. The van der Waals surface area contributed by atoms with Gasteiger partial charge in [0.1, 0.15) is 0 Å². The molecule has 0 aromatic heterocycles. The molecule has 1 amide bonds. The van der Waals surface area contributed by atoms with Gasteiger partial charge in [-0.1, -0.05) is 26.7 Å². The Morgan fingerprint density at radius 1 is 1.03 bits per heavy atom. The predicted molar refractivity (Wildman–Crippen MR) is 129 cm³/mol. The molecule has 0 aromatic carbocycles. The van der Waals surface area contributed by atoms with Gasteiger partial charge in [-0.25, -0.2) is 0 Å². The van der Waals surface area contributed by atoms with Crippen LogP contribution < -0.4 is 5.32 Å². The predicted octanol–water partition coefficient (Wildman–Crippen LogP) is 4.57. The summed E-state index contributed by atoms with van der Waals surface area (Å²) in [5, 5.41) is 14.3. The van der Waals surface area contributed by atoms with Gasteiger partial charge in [-0.15, -0.1) is 0 Å². The van der Waals surface area contributed by atoms with E-state index in [2.05, 4.69) is 19.2 Å². The molecule has 0 spiro atoms. The van der Waals surface area contributed by atoms with Crippen LogP contribution in [-0.2, 0) is 14.9 Å². The van der Waals surface area contributed by atoms with E-state index in [0.29, 0.717) is 29.6 Å². The van der Waals surface area contributed by atoms with E-state index in [-0.39, 0.29) is 36.1 Å². The van der Waals surface area contributed by atoms with Gasteiger partial charge in [0.25, 0.3) is 10.1 Å². The minimum atomic E-state index is -3.97. The van der Waals surface area contributed by atoms with Crippen molar-refractivity contribution in [2.24, 2.45) is 40.4 Å². The molecule has 7 heteroatoms. The zero-order valence-electron chi connectivity index (χ0n) is 20.6. The van der Waals surface area contributed by atoms with E-state index < -0.39 is 10.1 Å². The van der Waals surface area contributed by atoms with Crippen LogP contribution in [0.25, 0.3) is 0 Å². The molecule has 33 heavy (non-hydrogen) atoms. The Kier molecular flexibility index (Phi) is 7.53. The van der Waals surface area contributed by atoms with Crippen molar-refractivity contribution in [2.45, 2.75) is 103 Å². The number of aliphatic hydroxyl groups excluding tert-OH is 1. The minimum absolute atomic E-state index is 0.0228. The van der Waals surface area contributed by atoms with Crippen molar-refractivity contribution in [3.05, 3.63) is 0 Å². The summed E-state index contributed by atoms with van der Waals surface area (Å²) in [6.07, 6.45) is 13.8. The monoisotopic (exact) mass is 483 g/mol. The summed E-state index contributed by atoms with van der Waals surface area (Å²) < 4.78 is 30.3. The van der Waals surface area contributed by atoms with E-state index in [9.17, 15) is 18.3 Å². The van der Waals surface area contributed by atoms with Crippen LogP contribution in [0.3, 0.4) is 0 Å². The highest BCUT2D eigenvalue weighted by Crippen LogP contribution is 2.67. The lowest BCUT2D eigenvalue weighted by Crippen LogP contribution is -2.57. The first-order valence-electron chi connectivity index (χ1n) is 13.5.